The zero-order valence-corrected chi connectivity index (χ0v) is 8.64. The Morgan fingerprint density at radius 2 is 1.82 bits per heavy atom. The monoisotopic (exact) mass is 224 g/mol. The fraction of sp³-hybridized carbons (Fsp3) is 0. The standard InChI is InChI=1S/C13H6NO3/c15-13-11-4-2-1-3-9(11)10-6-5-8(14(16)17)7-12(10)13/h1,3-7H. The second kappa shape index (κ2) is 3.25. The third-order valence-corrected chi connectivity index (χ3v) is 2.86. The first-order chi connectivity index (χ1) is 8.18. The van der Waals surface area contributed by atoms with Crippen LogP contribution in [0.1, 0.15) is 15.9 Å². The molecule has 1 aliphatic rings. The van der Waals surface area contributed by atoms with Crippen LogP contribution < -0.4 is 0 Å². The summed E-state index contributed by atoms with van der Waals surface area (Å²) in [6.07, 6.45) is 0. The van der Waals surface area contributed by atoms with E-state index < -0.39 is 4.92 Å². The number of nitro benzene ring substituents is 1. The van der Waals surface area contributed by atoms with Gasteiger partial charge in [-0.15, -0.1) is 0 Å². The molecule has 0 saturated heterocycles. The maximum atomic E-state index is 12.0. The summed E-state index contributed by atoms with van der Waals surface area (Å²) in [7, 11) is 0. The topological polar surface area (TPSA) is 60.2 Å². The molecule has 4 heteroatoms. The van der Waals surface area contributed by atoms with Crippen LogP contribution in [0.5, 0.6) is 0 Å². The molecule has 0 unspecified atom stereocenters. The number of hydrogen-bond acceptors (Lipinski definition) is 3. The number of carbonyl (C=O) groups is 1. The lowest BCUT2D eigenvalue weighted by Crippen LogP contribution is -1.96. The highest BCUT2D eigenvalue weighted by molar-refractivity contribution is 6.21. The van der Waals surface area contributed by atoms with Crippen LogP contribution in [-0.4, -0.2) is 10.7 Å². The maximum absolute atomic E-state index is 12.0. The number of fused-ring (bicyclic) bond motifs is 3. The Labute approximate surface area is 96.7 Å². The Balaban J connectivity index is 2.28. The Hall–Kier alpha value is -2.49. The molecule has 0 N–H and O–H groups in total. The number of nitrogens with zero attached hydrogens (tertiary/aromatic N) is 1. The molecule has 1 radical (unpaired) electrons. The van der Waals surface area contributed by atoms with Gasteiger partial charge in [-0.1, -0.05) is 12.1 Å². The Bertz CT molecular complexity index is 661. The van der Waals surface area contributed by atoms with E-state index in [1.807, 2.05) is 0 Å². The molecule has 0 heterocycles. The number of benzene rings is 2. The van der Waals surface area contributed by atoms with Crippen molar-refractivity contribution in [2.75, 3.05) is 0 Å². The van der Waals surface area contributed by atoms with Gasteiger partial charge in [0.1, 0.15) is 0 Å². The van der Waals surface area contributed by atoms with Gasteiger partial charge in [0.15, 0.2) is 5.78 Å². The summed E-state index contributed by atoms with van der Waals surface area (Å²) in [5.74, 6) is -0.171. The number of hydrogen-bond donors (Lipinski definition) is 0. The third kappa shape index (κ3) is 1.27. The van der Waals surface area contributed by atoms with E-state index in [4.69, 9.17) is 0 Å². The first-order valence-electron chi connectivity index (χ1n) is 5.02. The molecule has 0 aromatic heterocycles. The van der Waals surface area contributed by atoms with Crippen molar-refractivity contribution in [2.45, 2.75) is 0 Å². The molecule has 1 aliphatic carbocycles. The Morgan fingerprint density at radius 1 is 1.06 bits per heavy atom. The van der Waals surface area contributed by atoms with Crippen LogP contribution in [0.15, 0.2) is 36.4 Å². The van der Waals surface area contributed by atoms with E-state index in [9.17, 15) is 14.9 Å². The SMILES string of the molecule is O=C1c2c[c]ccc2-c2ccc([N+](=O)[O-])cc21. The van der Waals surface area contributed by atoms with Gasteiger partial charge in [-0.25, -0.2) is 0 Å². The van der Waals surface area contributed by atoms with Gasteiger partial charge >= 0.3 is 0 Å². The van der Waals surface area contributed by atoms with Crippen LogP contribution >= 0.6 is 0 Å². The first kappa shape index (κ1) is 9.72. The van der Waals surface area contributed by atoms with Gasteiger partial charge < -0.3 is 0 Å². The van der Waals surface area contributed by atoms with E-state index in [1.165, 1.54) is 12.1 Å². The molecule has 0 bridgehead atoms. The van der Waals surface area contributed by atoms with E-state index in [1.54, 1.807) is 24.3 Å². The minimum Gasteiger partial charge on any atom is -0.289 e. The van der Waals surface area contributed by atoms with Crippen molar-refractivity contribution in [3.8, 4) is 11.1 Å². The summed E-state index contributed by atoms with van der Waals surface area (Å²) in [5, 5.41) is 10.7. The fourth-order valence-corrected chi connectivity index (χ4v) is 2.07. The predicted molar refractivity (Wildman–Crippen MR) is 60.8 cm³/mol. The average molecular weight is 224 g/mol. The summed E-state index contributed by atoms with van der Waals surface area (Å²) in [6, 6.07) is 12.3. The van der Waals surface area contributed by atoms with E-state index in [-0.39, 0.29) is 11.5 Å². The number of nitro groups is 1. The Kier molecular flexibility index (Phi) is 1.86. The van der Waals surface area contributed by atoms with E-state index in [2.05, 4.69) is 6.07 Å². The van der Waals surface area contributed by atoms with Crippen LogP contribution in [0, 0.1) is 16.2 Å². The zero-order valence-electron chi connectivity index (χ0n) is 8.64. The van der Waals surface area contributed by atoms with E-state index in [0.29, 0.717) is 11.1 Å². The second-order valence-corrected chi connectivity index (χ2v) is 3.79. The molecular formula is C13H6NO3. The summed E-state index contributed by atoms with van der Waals surface area (Å²) in [4.78, 5) is 22.2. The molecule has 0 spiro atoms. The van der Waals surface area contributed by atoms with Crippen molar-refractivity contribution >= 4 is 11.5 Å². The average Bonchev–Trinajstić information content (AvgIpc) is 2.64. The van der Waals surface area contributed by atoms with Gasteiger partial charge in [-0.2, -0.15) is 0 Å². The summed E-state index contributed by atoms with van der Waals surface area (Å²) < 4.78 is 0. The van der Waals surface area contributed by atoms with Crippen molar-refractivity contribution in [1.29, 1.82) is 0 Å². The second-order valence-electron chi connectivity index (χ2n) is 3.79. The summed E-state index contributed by atoms with van der Waals surface area (Å²) in [5.41, 5.74) is 2.47. The lowest BCUT2D eigenvalue weighted by molar-refractivity contribution is -0.384. The molecule has 2 aromatic rings. The molecule has 4 nitrogen and oxygen atoms in total. The van der Waals surface area contributed by atoms with Gasteiger partial charge in [0, 0.05) is 23.3 Å². The first-order valence-corrected chi connectivity index (χ1v) is 5.02. The van der Waals surface area contributed by atoms with Crippen LogP contribution in [0.25, 0.3) is 11.1 Å². The Morgan fingerprint density at radius 3 is 2.59 bits per heavy atom. The van der Waals surface area contributed by atoms with Gasteiger partial charge in [0.05, 0.1) is 4.92 Å². The quantitative estimate of drug-likeness (QED) is 0.471. The van der Waals surface area contributed by atoms with Crippen LogP contribution in [0.3, 0.4) is 0 Å². The number of ketones is 1. The molecule has 2 aromatic carbocycles. The molecule has 0 amide bonds. The summed E-state index contributed by atoms with van der Waals surface area (Å²) >= 11 is 0. The molecule has 3 rings (SSSR count). The van der Waals surface area contributed by atoms with Crippen molar-refractivity contribution in [3.63, 3.8) is 0 Å². The molecule has 17 heavy (non-hydrogen) atoms. The highest BCUT2D eigenvalue weighted by atomic mass is 16.6. The number of rotatable bonds is 1. The van der Waals surface area contributed by atoms with E-state index in [0.717, 1.165) is 11.1 Å². The van der Waals surface area contributed by atoms with Crippen LogP contribution in [0.4, 0.5) is 5.69 Å². The summed E-state index contributed by atoms with van der Waals surface area (Å²) in [6.45, 7) is 0. The minimum absolute atomic E-state index is 0.0612. The van der Waals surface area contributed by atoms with Crippen molar-refractivity contribution < 1.29 is 9.72 Å². The third-order valence-electron chi connectivity index (χ3n) is 2.86. The largest absolute Gasteiger partial charge is 0.289 e. The number of non-ortho nitro benzene ring substituents is 1. The van der Waals surface area contributed by atoms with Crippen molar-refractivity contribution in [2.24, 2.45) is 0 Å². The van der Waals surface area contributed by atoms with Crippen molar-refractivity contribution in [3.05, 3.63) is 63.7 Å². The van der Waals surface area contributed by atoms with Gasteiger partial charge in [-0.05, 0) is 29.3 Å². The zero-order chi connectivity index (χ0) is 12.0. The van der Waals surface area contributed by atoms with Gasteiger partial charge in [0.25, 0.3) is 5.69 Å². The lowest BCUT2D eigenvalue weighted by Gasteiger charge is -1.98. The molecule has 0 fully saturated rings. The maximum Gasteiger partial charge on any atom is 0.270 e. The minimum atomic E-state index is -0.497. The molecule has 0 aliphatic heterocycles. The van der Waals surface area contributed by atoms with E-state index >= 15 is 0 Å². The highest BCUT2D eigenvalue weighted by Crippen LogP contribution is 2.37. The molecule has 81 valence electrons. The fourth-order valence-electron chi connectivity index (χ4n) is 2.07. The van der Waals surface area contributed by atoms with Crippen LogP contribution in [0.2, 0.25) is 0 Å². The highest BCUT2D eigenvalue weighted by Gasteiger charge is 2.27. The molecule has 0 saturated carbocycles. The lowest BCUT2D eigenvalue weighted by atomic mass is 10.1. The van der Waals surface area contributed by atoms with Crippen molar-refractivity contribution in [1.82, 2.24) is 0 Å². The predicted octanol–water partition coefficient (Wildman–Crippen LogP) is 2.61. The molecular weight excluding hydrogens is 218 g/mol. The smallest absolute Gasteiger partial charge is 0.270 e. The molecule has 0 atom stereocenters. The van der Waals surface area contributed by atoms with Crippen LogP contribution in [-0.2, 0) is 0 Å². The van der Waals surface area contributed by atoms with Gasteiger partial charge in [-0.3, -0.25) is 14.9 Å². The normalized spacial score (nSPS) is 12.1. The van der Waals surface area contributed by atoms with Gasteiger partial charge in [0.2, 0.25) is 0 Å². The number of carbonyl (C=O) groups excluding carboxylic acids is 1.